The Morgan fingerprint density at radius 3 is 2.33 bits per heavy atom. The zero-order valence-electron chi connectivity index (χ0n) is 25.7. The molecule has 3 aromatic carbocycles. The molecule has 0 aliphatic heterocycles. The van der Waals surface area contributed by atoms with Crippen LogP contribution in [0.3, 0.4) is 0 Å². The summed E-state index contributed by atoms with van der Waals surface area (Å²) < 4.78 is 32.3. The van der Waals surface area contributed by atoms with Gasteiger partial charge in [0.25, 0.3) is 0 Å². The summed E-state index contributed by atoms with van der Waals surface area (Å²) in [4.78, 5) is 41.0. The number of hydrogen-bond acceptors (Lipinski definition) is 7. The average Bonchev–Trinajstić information content (AvgIpc) is 3.80. The molecule has 4 aromatic rings. The number of carbonyl (C=O) groups is 3. The molecule has 1 aliphatic carbocycles. The van der Waals surface area contributed by atoms with E-state index >= 15 is 4.39 Å². The van der Waals surface area contributed by atoms with E-state index in [2.05, 4.69) is 15.6 Å². The number of nitrogens with one attached hydrogen (secondary N) is 2. The first-order valence-corrected chi connectivity index (χ1v) is 14.2. The minimum Gasteiger partial charge on any atom is -1.00 e. The van der Waals surface area contributed by atoms with E-state index in [-0.39, 0.29) is 38.1 Å². The van der Waals surface area contributed by atoms with E-state index in [1.807, 2.05) is 0 Å². The molecule has 10 nitrogen and oxygen atoms in total. The summed E-state index contributed by atoms with van der Waals surface area (Å²) in [7, 11) is 1.48. The fourth-order valence-electron chi connectivity index (χ4n) is 4.58. The first kappa shape index (κ1) is 33.6. The Morgan fingerprint density at radius 1 is 0.956 bits per heavy atom. The van der Waals surface area contributed by atoms with Crippen molar-refractivity contribution in [1.82, 2.24) is 4.98 Å². The summed E-state index contributed by atoms with van der Waals surface area (Å²) >= 11 is 5.98. The van der Waals surface area contributed by atoms with Crippen molar-refractivity contribution in [3.05, 3.63) is 77.7 Å². The molecule has 2 amide bonds. The van der Waals surface area contributed by atoms with Crippen LogP contribution in [-0.2, 0) is 14.4 Å². The second-order valence-electron chi connectivity index (χ2n) is 10.3. The largest absolute Gasteiger partial charge is 1.00 e. The summed E-state index contributed by atoms with van der Waals surface area (Å²) in [5, 5.41) is 15.2. The maximum Gasteiger partial charge on any atom is 1.00 e. The van der Waals surface area contributed by atoms with Crippen molar-refractivity contribution in [3.8, 4) is 23.0 Å². The number of rotatable bonds is 13. The summed E-state index contributed by atoms with van der Waals surface area (Å²) in [6, 6.07) is 15.5. The van der Waals surface area contributed by atoms with E-state index in [1.54, 1.807) is 42.5 Å². The number of aliphatic carboxylic acids is 1. The van der Waals surface area contributed by atoms with Gasteiger partial charge in [-0.05, 0) is 68.1 Å². The number of fused-ring (bicyclic) bond motifs is 1. The first-order valence-electron chi connectivity index (χ1n) is 13.9. The molecule has 1 aromatic heterocycles. The second-order valence-corrected chi connectivity index (χ2v) is 10.7. The third-order valence-corrected chi connectivity index (χ3v) is 7.38. The van der Waals surface area contributed by atoms with Crippen LogP contribution in [0.1, 0.15) is 33.5 Å². The average molecular weight is 630 g/mol. The summed E-state index contributed by atoms with van der Waals surface area (Å²) in [6.45, 7) is 0.299. The Hall–Kier alpha value is -4.30. The van der Waals surface area contributed by atoms with Gasteiger partial charge in [-0.1, -0.05) is 17.7 Å². The van der Waals surface area contributed by atoms with E-state index in [4.69, 9.17) is 30.9 Å². The maximum atomic E-state index is 15.2. The molecule has 45 heavy (non-hydrogen) atoms. The molecule has 13 heteroatoms. The molecule has 1 fully saturated rings. The van der Waals surface area contributed by atoms with Crippen LogP contribution < -0.4 is 43.7 Å². The van der Waals surface area contributed by atoms with Crippen LogP contribution >= 0.6 is 11.6 Å². The molecule has 1 aliphatic rings. The number of halogens is 2. The van der Waals surface area contributed by atoms with Crippen molar-refractivity contribution in [2.24, 2.45) is 5.41 Å². The van der Waals surface area contributed by atoms with Crippen molar-refractivity contribution in [2.75, 3.05) is 24.4 Å². The topological polar surface area (TPSA) is 136 Å². The number of carboxylic acids is 1. The quantitative estimate of drug-likeness (QED) is 0.115. The predicted molar refractivity (Wildman–Crippen MR) is 163 cm³/mol. The second kappa shape index (κ2) is 14.7. The third-order valence-electron chi connectivity index (χ3n) is 7.14. The number of aromatic nitrogens is 1. The van der Waals surface area contributed by atoms with Crippen molar-refractivity contribution < 1.29 is 58.4 Å². The van der Waals surface area contributed by atoms with Gasteiger partial charge in [-0.3, -0.25) is 19.4 Å². The molecule has 0 spiro atoms. The maximum absolute atomic E-state index is 15.2. The summed E-state index contributed by atoms with van der Waals surface area (Å²) in [6.07, 6.45) is 3.34. The zero-order valence-corrected chi connectivity index (χ0v) is 25.4. The molecule has 0 unspecified atom stereocenters. The fourth-order valence-corrected chi connectivity index (χ4v) is 4.77. The first-order chi connectivity index (χ1) is 21.2. The number of unbranched alkanes of at least 4 members (excludes halogenated alkanes) is 1. The van der Waals surface area contributed by atoms with E-state index in [0.717, 1.165) is 6.07 Å². The monoisotopic (exact) mass is 629 g/mol. The van der Waals surface area contributed by atoms with E-state index in [9.17, 15) is 14.4 Å². The van der Waals surface area contributed by atoms with Gasteiger partial charge in [0.15, 0.2) is 23.1 Å². The van der Waals surface area contributed by atoms with Crippen LogP contribution in [-0.4, -0.2) is 41.6 Å². The number of amides is 2. The molecule has 1 heterocycles. The Labute approximate surface area is 276 Å². The molecule has 3 N–H and O–H groups in total. The number of benzene rings is 3. The van der Waals surface area contributed by atoms with Gasteiger partial charge in [0.2, 0.25) is 11.8 Å². The number of pyridine rings is 1. The molecular formula is C32H30ClFLiN3O7. The molecule has 230 valence electrons. The summed E-state index contributed by atoms with van der Waals surface area (Å²) in [5.74, 6) is -1.51. The number of nitrogens with zero attached hydrogens (tertiary/aromatic N) is 1. The van der Waals surface area contributed by atoms with Gasteiger partial charge in [-0.25, -0.2) is 4.39 Å². The Kier molecular flexibility index (Phi) is 10.9. The number of methoxy groups -OCH3 is 1. The zero-order chi connectivity index (χ0) is 31.3. The van der Waals surface area contributed by atoms with Gasteiger partial charge in [0.05, 0.1) is 19.2 Å². The standard InChI is InChI=1S/C32H29ClFN3O7.Li.H/c1-42-27-17-22-24(18-28(27)43-14-3-2-7-29(38)39)35-13-10-25(22)44-26-9-8-21(16-23(26)34)37-31(41)32(11-12-32)30(40)36-20-6-4-5-19(33)15-20;;/h4-6,8-10,13,15-18H,2-3,7,11-12,14H2,1H3,(H,36,40)(H,37,41)(H,38,39);;/q;+1;-1. The molecule has 0 radical (unpaired) electrons. The number of ether oxygens (including phenoxy) is 3. The van der Waals surface area contributed by atoms with E-state index in [1.165, 1.54) is 25.4 Å². The Balaban J connectivity index is 0.00000288. The normalized spacial score (nSPS) is 12.9. The van der Waals surface area contributed by atoms with Crippen LogP contribution in [0.25, 0.3) is 10.9 Å². The van der Waals surface area contributed by atoms with Crippen LogP contribution in [0.4, 0.5) is 15.8 Å². The summed E-state index contributed by atoms with van der Waals surface area (Å²) in [5.41, 5.74) is -0.0802. The van der Waals surface area contributed by atoms with Crippen molar-refractivity contribution in [1.29, 1.82) is 0 Å². The molecule has 0 bridgehead atoms. The van der Waals surface area contributed by atoms with Gasteiger partial charge >= 0.3 is 24.8 Å². The predicted octanol–water partition coefficient (Wildman–Crippen LogP) is 3.94. The van der Waals surface area contributed by atoms with Crippen molar-refractivity contribution in [2.45, 2.75) is 32.1 Å². The van der Waals surface area contributed by atoms with Crippen molar-refractivity contribution >= 4 is 51.7 Å². The molecule has 5 rings (SSSR count). The fraction of sp³-hybridized carbons (Fsp3) is 0.250. The minimum atomic E-state index is -1.25. The van der Waals surface area contributed by atoms with E-state index < -0.39 is 29.0 Å². The number of hydrogen-bond donors (Lipinski definition) is 3. The Morgan fingerprint density at radius 2 is 1.69 bits per heavy atom. The van der Waals surface area contributed by atoms with Gasteiger partial charge in [-0.2, -0.15) is 0 Å². The SMILES string of the molecule is COc1cc2c(Oc3ccc(NC(=O)C4(C(=O)Nc5cccc(Cl)c5)CC4)cc3F)ccnc2cc1OCCCCC(=O)O.[H-].[Li+]. The van der Waals surface area contributed by atoms with Crippen LogP contribution in [0.2, 0.25) is 5.02 Å². The Bertz CT molecular complexity index is 1740. The molecule has 0 saturated heterocycles. The van der Waals surface area contributed by atoms with Gasteiger partial charge in [0, 0.05) is 46.5 Å². The third kappa shape index (κ3) is 8.05. The minimum absolute atomic E-state index is 0. The molecule has 1 saturated carbocycles. The molecule has 0 atom stereocenters. The van der Waals surface area contributed by atoms with Crippen LogP contribution in [0, 0.1) is 11.2 Å². The van der Waals surface area contributed by atoms with E-state index in [0.29, 0.717) is 71.2 Å². The van der Waals surface area contributed by atoms with Gasteiger partial charge in [-0.15, -0.1) is 0 Å². The van der Waals surface area contributed by atoms with Crippen molar-refractivity contribution in [3.63, 3.8) is 0 Å². The number of anilines is 2. The van der Waals surface area contributed by atoms with Crippen LogP contribution in [0.5, 0.6) is 23.0 Å². The smallest absolute Gasteiger partial charge is 1.00 e. The molecular weight excluding hydrogens is 600 g/mol. The van der Waals surface area contributed by atoms with Gasteiger partial charge < -0.3 is 31.4 Å². The van der Waals surface area contributed by atoms with Crippen LogP contribution in [0.15, 0.2) is 66.9 Å². The number of carboxylic acid groups (broad SMARTS) is 1. The van der Waals surface area contributed by atoms with Gasteiger partial charge in [0.1, 0.15) is 11.2 Å². The number of carbonyl (C=O) groups excluding carboxylic acids is 2.